The summed E-state index contributed by atoms with van der Waals surface area (Å²) in [7, 11) is 1.57. The maximum Gasteiger partial charge on any atom is 0.166 e. The number of hydrogen-bond donors (Lipinski definition) is 1. The summed E-state index contributed by atoms with van der Waals surface area (Å²) in [5, 5.41) is 3.80. The van der Waals surface area contributed by atoms with Crippen molar-refractivity contribution < 1.29 is 13.9 Å². The van der Waals surface area contributed by atoms with Crippen molar-refractivity contribution in [2.24, 2.45) is 0 Å². The Balaban J connectivity index is 2.23. The van der Waals surface area contributed by atoms with Crippen molar-refractivity contribution in [3.05, 3.63) is 51.8 Å². The molecule has 0 unspecified atom stereocenters. The minimum absolute atomic E-state index is 0.0705. The molecule has 3 nitrogen and oxygen atoms in total. The van der Waals surface area contributed by atoms with Crippen molar-refractivity contribution in [2.75, 3.05) is 19.0 Å². The molecule has 0 aliphatic heterocycles. The first kappa shape index (κ1) is 17.7. The fourth-order valence-corrected chi connectivity index (χ4v) is 2.49. The van der Waals surface area contributed by atoms with Crippen molar-refractivity contribution >= 4 is 28.9 Å². The van der Waals surface area contributed by atoms with E-state index >= 15 is 0 Å². The number of nitrogens with one attached hydrogen (secondary N) is 1. The van der Waals surface area contributed by atoms with Crippen LogP contribution in [-0.2, 0) is 6.54 Å². The molecular weight excluding hydrogens is 340 g/mol. The highest BCUT2D eigenvalue weighted by atomic mass is 35.5. The molecule has 6 heteroatoms. The van der Waals surface area contributed by atoms with Crippen LogP contribution in [0.15, 0.2) is 30.3 Å². The Morgan fingerprint density at radius 1 is 1.17 bits per heavy atom. The third-order valence-electron chi connectivity index (χ3n) is 3.17. The molecule has 0 saturated carbocycles. The van der Waals surface area contributed by atoms with Crippen LogP contribution < -0.4 is 14.8 Å². The number of rotatable bonds is 7. The molecule has 0 saturated heterocycles. The summed E-state index contributed by atoms with van der Waals surface area (Å²) in [5.41, 5.74) is 1.56. The molecule has 0 aliphatic rings. The van der Waals surface area contributed by atoms with E-state index in [9.17, 15) is 4.39 Å². The van der Waals surface area contributed by atoms with Crippen molar-refractivity contribution in [3.63, 3.8) is 0 Å². The first-order chi connectivity index (χ1) is 11.0. The predicted molar refractivity (Wildman–Crippen MR) is 92.5 cm³/mol. The van der Waals surface area contributed by atoms with Crippen LogP contribution in [-0.4, -0.2) is 13.7 Å². The van der Waals surface area contributed by atoms with Crippen LogP contribution in [0.4, 0.5) is 10.1 Å². The summed E-state index contributed by atoms with van der Waals surface area (Å²) in [6, 6.07) is 8.00. The Morgan fingerprint density at radius 2 is 1.96 bits per heavy atom. The van der Waals surface area contributed by atoms with Gasteiger partial charge in [0.05, 0.1) is 18.7 Å². The number of hydrogen-bond acceptors (Lipinski definition) is 3. The number of methoxy groups -OCH3 is 1. The van der Waals surface area contributed by atoms with Gasteiger partial charge in [0.2, 0.25) is 0 Å². The van der Waals surface area contributed by atoms with E-state index in [1.54, 1.807) is 19.2 Å². The van der Waals surface area contributed by atoms with Crippen molar-refractivity contribution in [1.82, 2.24) is 0 Å². The third-order valence-corrected chi connectivity index (χ3v) is 3.68. The summed E-state index contributed by atoms with van der Waals surface area (Å²) in [5.74, 6) is 0.785. The monoisotopic (exact) mass is 357 g/mol. The number of anilines is 1. The molecule has 0 aliphatic carbocycles. The first-order valence-corrected chi connectivity index (χ1v) is 7.98. The van der Waals surface area contributed by atoms with Crippen LogP contribution in [0.3, 0.4) is 0 Å². The molecule has 0 bridgehead atoms. The zero-order valence-corrected chi connectivity index (χ0v) is 14.5. The summed E-state index contributed by atoms with van der Waals surface area (Å²) >= 11 is 11.9. The average Bonchev–Trinajstić information content (AvgIpc) is 2.54. The predicted octanol–water partition coefficient (Wildman–Crippen LogP) is 5.54. The lowest BCUT2D eigenvalue weighted by atomic mass is 10.1. The van der Waals surface area contributed by atoms with Gasteiger partial charge in [-0.1, -0.05) is 30.1 Å². The zero-order valence-electron chi connectivity index (χ0n) is 13.0. The number of halogens is 3. The minimum Gasteiger partial charge on any atom is -0.493 e. The summed E-state index contributed by atoms with van der Waals surface area (Å²) < 4.78 is 24.3. The van der Waals surface area contributed by atoms with E-state index in [1.165, 1.54) is 12.1 Å². The summed E-state index contributed by atoms with van der Waals surface area (Å²) in [4.78, 5) is 0. The second-order valence-electron chi connectivity index (χ2n) is 4.93. The lowest BCUT2D eigenvalue weighted by Crippen LogP contribution is -2.06. The van der Waals surface area contributed by atoms with Crippen molar-refractivity contribution in [1.29, 1.82) is 0 Å². The molecule has 124 valence electrons. The van der Waals surface area contributed by atoms with Gasteiger partial charge in [-0.15, -0.1) is 0 Å². The molecule has 0 amide bonds. The second-order valence-corrected chi connectivity index (χ2v) is 5.77. The standard InChI is InChI=1S/C17H18Cl2FNO2/c1-3-6-23-17-11(7-12(18)8-16(17)22-2)10-21-13-4-5-15(20)14(19)9-13/h4-5,7-9,21H,3,6,10H2,1-2H3. The van der Waals surface area contributed by atoms with Gasteiger partial charge < -0.3 is 14.8 Å². The SMILES string of the molecule is CCCOc1c(CNc2ccc(F)c(Cl)c2)cc(Cl)cc1OC. The molecule has 0 spiro atoms. The van der Waals surface area contributed by atoms with E-state index in [1.807, 2.05) is 13.0 Å². The van der Waals surface area contributed by atoms with Crippen LogP contribution >= 0.6 is 23.2 Å². The molecule has 1 N–H and O–H groups in total. The van der Waals surface area contributed by atoms with Crippen LogP contribution in [0.1, 0.15) is 18.9 Å². The Hall–Kier alpha value is -1.65. The van der Waals surface area contributed by atoms with E-state index in [4.69, 9.17) is 32.7 Å². The Kier molecular flexibility index (Phi) is 6.37. The first-order valence-electron chi connectivity index (χ1n) is 7.23. The van der Waals surface area contributed by atoms with E-state index in [0.29, 0.717) is 35.4 Å². The smallest absolute Gasteiger partial charge is 0.166 e. The fourth-order valence-electron chi connectivity index (χ4n) is 2.08. The van der Waals surface area contributed by atoms with Gasteiger partial charge in [-0.2, -0.15) is 0 Å². The lowest BCUT2D eigenvalue weighted by molar-refractivity contribution is 0.291. The summed E-state index contributed by atoms with van der Waals surface area (Å²) in [6.45, 7) is 3.05. The lowest BCUT2D eigenvalue weighted by Gasteiger charge is -2.16. The highest BCUT2D eigenvalue weighted by Crippen LogP contribution is 2.35. The van der Waals surface area contributed by atoms with Gasteiger partial charge in [-0.05, 0) is 30.7 Å². The zero-order chi connectivity index (χ0) is 16.8. The van der Waals surface area contributed by atoms with Gasteiger partial charge in [-0.25, -0.2) is 4.39 Å². The van der Waals surface area contributed by atoms with Crippen molar-refractivity contribution in [2.45, 2.75) is 19.9 Å². The van der Waals surface area contributed by atoms with Crippen LogP contribution in [0.25, 0.3) is 0 Å². The molecule has 0 aromatic heterocycles. The molecule has 23 heavy (non-hydrogen) atoms. The van der Waals surface area contributed by atoms with Crippen LogP contribution in [0.2, 0.25) is 10.0 Å². The maximum absolute atomic E-state index is 13.2. The molecule has 0 heterocycles. The van der Waals surface area contributed by atoms with E-state index in [2.05, 4.69) is 5.32 Å². The molecular formula is C17H18Cl2FNO2. The third kappa shape index (κ3) is 4.66. The van der Waals surface area contributed by atoms with E-state index < -0.39 is 5.82 Å². The Labute approximate surface area is 145 Å². The molecule has 0 radical (unpaired) electrons. The molecule has 2 aromatic rings. The topological polar surface area (TPSA) is 30.5 Å². The van der Waals surface area contributed by atoms with Gasteiger partial charge in [-0.3, -0.25) is 0 Å². The molecule has 2 aromatic carbocycles. The van der Waals surface area contributed by atoms with Gasteiger partial charge in [0, 0.05) is 28.9 Å². The van der Waals surface area contributed by atoms with E-state index in [-0.39, 0.29) is 5.02 Å². The second kappa shape index (κ2) is 8.27. The van der Waals surface area contributed by atoms with Gasteiger partial charge in [0.1, 0.15) is 5.82 Å². The van der Waals surface area contributed by atoms with Gasteiger partial charge >= 0.3 is 0 Å². The number of ether oxygens (including phenoxy) is 2. The normalized spacial score (nSPS) is 10.5. The van der Waals surface area contributed by atoms with Gasteiger partial charge in [0.15, 0.2) is 11.5 Å². The Morgan fingerprint density at radius 3 is 2.61 bits per heavy atom. The fraction of sp³-hybridized carbons (Fsp3) is 0.294. The maximum atomic E-state index is 13.2. The van der Waals surface area contributed by atoms with Crippen LogP contribution in [0, 0.1) is 5.82 Å². The molecule has 0 atom stereocenters. The highest BCUT2D eigenvalue weighted by Gasteiger charge is 2.13. The average molecular weight is 358 g/mol. The largest absolute Gasteiger partial charge is 0.493 e. The quantitative estimate of drug-likeness (QED) is 0.705. The van der Waals surface area contributed by atoms with Gasteiger partial charge in [0.25, 0.3) is 0 Å². The Bertz CT molecular complexity index is 680. The molecule has 0 fully saturated rings. The number of benzene rings is 2. The van der Waals surface area contributed by atoms with Crippen molar-refractivity contribution in [3.8, 4) is 11.5 Å². The minimum atomic E-state index is -0.450. The highest BCUT2D eigenvalue weighted by molar-refractivity contribution is 6.31. The molecule has 2 rings (SSSR count). The summed E-state index contributed by atoms with van der Waals surface area (Å²) in [6.07, 6.45) is 0.881. The van der Waals surface area contributed by atoms with E-state index in [0.717, 1.165) is 12.0 Å². The van der Waals surface area contributed by atoms with Crippen LogP contribution in [0.5, 0.6) is 11.5 Å².